The lowest BCUT2D eigenvalue weighted by atomic mass is 10.1. The zero-order valence-corrected chi connectivity index (χ0v) is 10.3. The highest BCUT2D eigenvalue weighted by Crippen LogP contribution is 2.26. The van der Waals surface area contributed by atoms with E-state index in [2.05, 4.69) is 18.7 Å². The number of phenolic OH excluding ortho intramolecular Hbond substituents is 1. The standard InChI is InChI=1S/C12H18ClNO/c1-4-14(5-2)8-10-7-11(13)9(3)6-12(10)15/h6-7,15H,4-5,8H2,1-3H3. The summed E-state index contributed by atoms with van der Waals surface area (Å²) in [6.45, 7) is 8.80. The molecule has 0 aliphatic heterocycles. The Labute approximate surface area is 96.5 Å². The quantitative estimate of drug-likeness (QED) is 0.854. The third kappa shape index (κ3) is 3.11. The molecule has 3 heteroatoms. The summed E-state index contributed by atoms with van der Waals surface area (Å²) in [5.74, 6) is 0.337. The van der Waals surface area contributed by atoms with Crippen LogP contribution in [-0.4, -0.2) is 23.1 Å². The number of phenols is 1. The summed E-state index contributed by atoms with van der Waals surface area (Å²) in [7, 11) is 0. The van der Waals surface area contributed by atoms with Crippen LogP contribution in [0, 0.1) is 6.92 Å². The molecule has 0 saturated carbocycles. The van der Waals surface area contributed by atoms with Crippen LogP contribution in [0.2, 0.25) is 5.02 Å². The second-order valence-electron chi connectivity index (χ2n) is 3.69. The van der Waals surface area contributed by atoms with E-state index in [-0.39, 0.29) is 0 Å². The fourth-order valence-corrected chi connectivity index (χ4v) is 1.71. The smallest absolute Gasteiger partial charge is 0.120 e. The first-order valence-electron chi connectivity index (χ1n) is 5.28. The Bertz CT molecular complexity index is 335. The van der Waals surface area contributed by atoms with Crippen molar-refractivity contribution in [2.24, 2.45) is 0 Å². The number of aromatic hydroxyl groups is 1. The van der Waals surface area contributed by atoms with Crippen LogP contribution in [0.4, 0.5) is 0 Å². The molecular formula is C12H18ClNO. The van der Waals surface area contributed by atoms with Gasteiger partial charge in [-0.25, -0.2) is 0 Å². The van der Waals surface area contributed by atoms with Crippen molar-refractivity contribution in [2.45, 2.75) is 27.3 Å². The molecule has 0 aliphatic rings. The Morgan fingerprint density at radius 3 is 2.40 bits per heavy atom. The molecule has 0 saturated heterocycles. The van der Waals surface area contributed by atoms with Crippen molar-refractivity contribution in [3.05, 3.63) is 28.3 Å². The van der Waals surface area contributed by atoms with Crippen molar-refractivity contribution < 1.29 is 5.11 Å². The van der Waals surface area contributed by atoms with E-state index >= 15 is 0 Å². The Kier molecular flexibility index (Phi) is 4.43. The number of benzene rings is 1. The number of aryl methyl sites for hydroxylation is 1. The van der Waals surface area contributed by atoms with Gasteiger partial charge in [0.25, 0.3) is 0 Å². The second kappa shape index (κ2) is 5.38. The first-order valence-corrected chi connectivity index (χ1v) is 5.66. The van der Waals surface area contributed by atoms with E-state index in [0.717, 1.165) is 35.8 Å². The topological polar surface area (TPSA) is 23.5 Å². The average Bonchev–Trinajstić information content (AvgIpc) is 2.21. The first-order chi connectivity index (χ1) is 7.08. The van der Waals surface area contributed by atoms with Gasteiger partial charge in [0.2, 0.25) is 0 Å². The van der Waals surface area contributed by atoms with Gasteiger partial charge in [-0.15, -0.1) is 0 Å². The van der Waals surface area contributed by atoms with Crippen LogP contribution in [0.1, 0.15) is 25.0 Å². The van der Waals surface area contributed by atoms with E-state index in [9.17, 15) is 5.11 Å². The molecule has 0 bridgehead atoms. The van der Waals surface area contributed by atoms with Gasteiger partial charge in [0.1, 0.15) is 5.75 Å². The maximum absolute atomic E-state index is 9.77. The predicted octanol–water partition coefficient (Wildman–Crippen LogP) is 3.20. The fourth-order valence-electron chi connectivity index (χ4n) is 1.52. The molecule has 0 spiro atoms. The van der Waals surface area contributed by atoms with Gasteiger partial charge in [-0.2, -0.15) is 0 Å². The minimum atomic E-state index is 0.337. The van der Waals surface area contributed by atoms with E-state index in [1.54, 1.807) is 6.07 Å². The van der Waals surface area contributed by atoms with Crippen molar-refractivity contribution >= 4 is 11.6 Å². The summed E-state index contributed by atoms with van der Waals surface area (Å²) in [4.78, 5) is 2.24. The molecule has 0 aromatic heterocycles. The lowest BCUT2D eigenvalue weighted by molar-refractivity contribution is 0.291. The zero-order valence-electron chi connectivity index (χ0n) is 9.55. The van der Waals surface area contributed by atoms with Gasteiger partial charge in [-0.05, 0) is 37.7 Å². The number of nitrogens with zero attached hydrogens (tertiary/aromatic N) is 1. The van der Waals surface area contributed by atoms with E-state index in [4.69, 9.17) is 11.6 Å². The SMILES string of the molecule is CCN(CC)Cc1cc(Cl)c(C)cc1O. The van der Waals surface area contributed by atoms with Crippen molar-refractivity contribution in [1.82, 2.24) is 4.90 Å². The highest BCUT2D eigenvalue weighted by molar-refractivity contribution is 6.31. The molecule has 0 atom stereocenters. The number of halogens is 1. The van der Waals surface area contributed by atoms with Crippen LogP contribution < -0.4 is 0 Å². The molecule has 2 nitrogen and oxygen atoms in total. The van der Waals surface area contributed by atoms with Crippen molar-refractivity contribution in [1.29, 1.82) is 0 Å². The summed E-state index contributed by atoms with van der Waals surface area (Å²) in [5.41, 5.74) is 1.81. The normalized spacial score (nSPS) is 11.0. The van der Waals surface area contributed by atoms with Crippen LogP contribution in [-0.2, 0) is 6.54 Å². The minimum Gasteiger partial charge on any atom is -0.508 e. The molecule has 1 aromatic rings. The largest absolute Gasteiger partial charge is 0.508 e. The Hall–Kier alpha value is -0.730. The van der Waals surface area contributed by atoms with Gasteiger partial charge in [0, 0.05) is 17.1 Å². The molecule has 0 fully saturated rings. The Balaban J connectivity index is 2.89. The summed E-state index contributed by atoms with van der Waals surface area (Å²) >= 11 is 6.03. The molecule has 1 N–H and O–H groups in total. The molecule has 0 radical (unpaired) electrons. The first kappa shape index (κ1) is 12.3. The van der Waals surface area contributed by atoms with Crippen LogP contribution in [0.25, 0.3) is 0 Å². The summed E-state index contributed by atoms with van der Waals surface area (Å²) < 4.78 is 0. The maximum atomic E-state index is 9.77. The van der Waals surface area contributed by atoms with E-state index < -0.39 is 0 Å². The second-order valence-corrected chi connectivity index (χ2v) is 4.10. The summed E-state index contributed by atoms with van der Waals surface area (Å²) in [5, 5.41) is 10.5. The van der Waals surface area contributed by atoms with Gasteiger partial charge in [0.05, 0.1) is 0 Å². The van der Waals surface area contributed by atoms with Crippen LogP contribution in [0.5, 0.6) is 5.75 Å². The number of rotatable bonds is 4. The number of hydrogen-bond donors (Lipinski definition) is 1. The van der Waals surface area contributed by atoms with E-state index in [1.165, 1.54) is 0 Å². The van der Waals surface area contributed by atoms with Crippen molar-refractivity contribution in [3.63, 3.8) is 0 Å². The lowest BCUT2D eigenvalue weighted by Gasteiger charge is -2.19. The van der Waals surface area contributed by atoms with E-state index in [0.29, 0.717) is 5.75 Å². The van der Waals surface area contributed by atoms with Crippen LogP contribution in [0.15, 0.2) is 12.1 Å². The minimum absolute atomic E-state index is 0.337. The molecule has 0 aliphatic carbocycles. The highest BCUT2D eigenvalue weighted by atomic mass is 35.5. The molecule has 1 rings (SSSR count). The van der Waals surface area contributed by atoms with Crippen LogP contribution >= 0.6 is 11.6 Å². The molecule has 84 valence electrons. The van der Waals surface area contributed by atoms with Gasteiger partial charge < -0.3 is 5.11 Å². The van der Waals surface area contributed by atoms with Gasteiger partial charge in [-0.3, -0.25) is 4.90 Å². The molecular weight excluding hydrogens is 210 g/mol. The Morgan fingerprint density at radius 2 is 1.87 bits per heavy atom. The van der Waals surface area contributed by atoms with Crippen LogP contribution in [0.3, 0.4) is 0 Å². The predicted molar refractivity (Wildman–Crippen MR) is 64.5 cm³/mol. The molecule has 1 aromatic carbocycles. The monoisotopic (exact) mass is 227 g/mol. The van der Waals surface area contributed by atoms with Crippen molar-refractivity contribution in [3.8, 4) is 5.75 Å². The van der Waals surface area contributed by atoms with Gasteiger partial charge in [-0.1, -0.05) is 25.4 Å². The summed E-state index contributed by atoms with van der Waals surface area (Å²) in [6, 6.07) is 3.58. The maximum Gasteiger partial charge on any atom is 0.120 e. The highest BCUT2D eigenvalue weighted by Gasteiger charge is 2.08. The van der Waals surface area contributed by atoms with E-state index in [1.807, 2.05) is 13.0 Å². The third-order valence-corrected chi connectivity index (χ3v) is 3.06. The number of hydrogen-bond acceptors (Lipinski definition) is 2. The molecule has 0 unspecified atom stereocenters. The molecule has 0 amide bonds. The van der Waals surface area contributed by atoms with Gasteiger partial charge in [0.15, 0.2) is 0 Å². The third-order valence-electron chi connectivity index (χ3n) is 2.65. The van der Waals surface area contributed by atoms with Gasteiger partial charge >= 0.3 is 0 Å². The summed E-state index contributed by atoms with van der Waals surface area (Å²) in [6.07, 6.45) is 0. The molecule has 15 heavy (non-hydrogen) atoms. The zero-order chi connectivity index (χ0) is 11.4. The fraction of sp³-hybridized carbons (Fsp3) is 0.500. The average molecular weight is 228 g/mol. The Morgan fingerprint density at radius 1 is 1.27 bits per heavy atom. The van der Waals surface area contributed by atoms with Crippen molar-refractivity contribution in [2.75, 3.05) is 13.1 Å². The molecule has 0 heterocycles. The lowest BCUT2D eigenvalue weighted by Crippen LogP contribution is -2.22.